The normalized spacial score (nSPS) is 20.2. The van der Waals surface area contributed by atoms with E-state index in [1.807, 2.05) is 6.07 Å². The Hall–Kier alpha value is -1.39. The molecule has 98 valence electrons. The first-order valence-electron chi connectivity index (χ1n) is 6.43. The van der Waals surface area contributed by atoms with Crippen LogP contribution in [0.5, 0.6) is 0 Å². The summed E-state index contributed by atoms with van der Waals surface area (Å²) in [7, 11) is 0. The molecule has 1 amide bonds. The number of benzene rings is 1. The van der Waals surface area contributed by atoms with Crippen molar-refractivity contribution in [3.63, 3.8) is 0 Å². The van der Waals surface area contributed by atoms with Gasteiger partial charge in [0.15, 0.2) is 0 Å². The highest BCUT2D eigenvalue weighted by Gasteiger charge is 2.20. The molecule has 1 aliphatic carbocycles. The summed E-state index contributed by atoms with van der Waals surface area (Å²) in [6, 6.07) is 7.76. The highest BCUT2D eigenvalue weighted by atomic mass is 16.5. The summed E-state index contributed by atoms with van der Waals surface area (Å²) in [6.07, 6.45) is 3.91. The predicted molar refractivity (Wildman–Crippen MR) is 69.9 cm³/mol. The molecule has 4 heteroatoms. The quantitative estimate of drug-likeness (QED) is 0.824. The number of fused-ring (bicyclic) bond motifs is 1. The maximum absolute atomic E-state index is 10.8. The van der Waals surface area contributed by atoms with E-state index >= 15 is 0 Å². The summed E-state index contributed by atoms with van der Waals surface area (Å²) in [5.41, 5.74) is 13.3. The average Bonchev–Trinajstić information content (AvgIpc) is 2.38. The molecule has 0 spiro atoms. The highest BCUT2D eigenvalue weighted by Crippen LogP contribution is 2.32. The molecular weight excluding hydrogens is 228 g/mol. The van der Waals surface area contributed by atoms with Crippen LogP contribution in [0.1, 0.15) is 36.5 Å². The van der Waals surface area contributed by atoms with Gasteiger partial charge in [-0.15, -0.1) is 0 Å². The standard InChI is InChI=1S/C14H20N2O2/c15-12(14(16)17)8-9-18-13-7-3-5-10-4-1-2-6-11(10)13/h1-2,4,6,12-13H,3,5,7-9,15H2,(H2,16,17). The third-order valence-corrected chi connectivity index (χ3v) is 3.43. The van der Waals surface area contributed by atoms with Gasteiger partial charge in [-0.25, -0.2) is 0 Å². The van der Waals surface area contributed by atoms with Crippen LogP contribution >= 0.6 is 0 Å². The number of rotatable bonds is 5. The van der Waals surface area contributed by atoms with E-state index in [0.717, 1.165) is 19.3 Å². The SMILES string of the molecule is NC(=O)C(N)CCOC1CCCc2ccccc21. The van der Waals surface area contributed by atoms with E-state index in [1.54, 1.807) is 0 Å². The minimum absolute atomic E-state index is 0.134. The molecule has 4 nitrogen and oxygen atoms in total. The van der Waals surface area contributed by atoms with Gasteiger partial charge in [0.05, 0.1) is 12.1 Å². The van der Waals surface area contributed by atoms with Gasteiger partial charge in [0, 0.05) is 6.61 Å². The molecule has 0 bridgehead atoms. The van der Waals surface area contributed by atoms with Gasteiger partial charge in [0.2, 0.25) is 5.91 Å². The van der Waals surface area contributed by atoms with Crippen LogP contribution in [0.25, 0.3) is 0 Å². The van der Waals surface area contributed by atoms with Crippen molar-refractivity contribution in [2.75, 3.05) is 6.61 Å². The van der Waals surface area contributed by atoms with Crippen molar-refractivity contribution in [1.29, 1.82) is 0 Å². The Balaban J connectivity index is 1.90. The van der Waals surface area contributed by atoms with Crippen molar-refractivity contribution in [2.24, 2.45) is 11.5 Å². The molecule has 0 saturated carbocycles. The van der Waals surface area contributed by atoms with E-state index in [-0.39, 0.29) is 6.10 Å². The number of nitrogens with two attached hydrogens (primary N) is 2. The number of ether oxygens (including phenoxy) is 1. The molecule has 0 aromatic heterocycles. The molecule has 2 unspecified atom stereocenters. The Labute approximate surface area is 107 Å². The van der Waals surface area contributed by atoms with E-state index < -0.39 is 11.9 Å². The lowest BCUT2D eigenvalue weighted by molar-refractivity contribution is -0.119. The molecule has 0 saturated heterocycles. The van der Waals surface area contributed by atoms with Crippen molar-refractivity contribution < 1.29 is 9.53 Å². The van der Waals surface area contributed by atoms with Crippen LogP contribution < -0.4 is 11.5 Å². The molecule has 0 aliphatic heterocycles. The monoisotopic (exact) mass is 248 g/mol. The van der Waals surface area contributed by atoms with E-state index in [4.69, 9.17) is 16.2 Å². The molecule has 0 heterocycles. The molecule has 18 heavy (non-hydrogen) atoms. The number of amides is 1. The molecule has 4 N–H and O–H groups in total. The zero-order valence-corrected chi connectivity index (χ0v) is 10.5. The molecule has 0 radical (unpaired) electrons. The van der Waals surface area contributed by atoms with Crippen molar-refractivity contribution in [1.82, 2.24) is 0 Å². The maximum Gasteiger partial charge on any atom is 0.234 e. The lowest BCUT2D eigenvalue weighted by Crippen LogP contribution is -2.37. The predicted octanol–water partition coefficient (Wildman–Crippen LogP) is 1.28. The Bertz CT molecular complexity index is 420. The second-order valence-corrected chi connectivity index (χ2v) is 4.75. The molecule has 0 fully saturated rings. The maximum atomic E-state index is 10.8. The van der Waals surface area contributed by atoms with Crippen LogP contribution in [0.3, 0.4) is 0 Å². The van der Waals surface area contributed by atoms with Crippen molar-refractivity contribution in [2.45, 2.75) is 37.8 Å². The van der Waals surface area contributed by atoms with Gasteiger partial charge in [-0.2, -0.15) is 0 Å². The fourth-order valence-corrected chi connectivity index (χ4v) is 2.36. The van der Waals surface area contributed by atoms with Gasteiger partial charge in [-0.05, 0) is 36.8 Å². The lowest BCUT2D eigenvalue weighted by Gasteiger charge is -2.26. The Morgan fingerprint density at radius 3 is 3.00 bits per heavy atom. The van der Waals surface area contributed by atoms with Gasteiger partial charge in [-0.3, -0.25) is 4.79 Å². The van der Waals surface area contributed by atoms with Crippen molar-refractivity contribution >= 4 is 5.91 Å². The Kier molecular flexibility index (Phi) is 4.33. The van der Waals surface area contributed by atoms with Gasteiger partial charge >= 0.3 is 0 Å². The zero-order valence-electron chi connectivity index (χ0n) is 10.5. The minimum Gasteiger partial charge on any atom is -0.373 e. The number of hydrogen-bond donors (Lipinski definition) is 2. The van der Waals surface area contributed by atoms with Crippen molar-refractivity contribution in [3.8, 4) is 0 Å². The minimum atomic E-state index is -0.608. The van der Waals surface area contributed by atoms with E-state index in [1.165, 1.54) is 11.1 Å². The number of carbonyl (C=O) groups excluding carboxylic acids is 1. The van der Waals surface area contributed by atoms with Gasteiger partial charge in [0.25, 0.3) is 0 Å². The zero-order chi connectivity index (χ0) is 13.0. The second kappa shape index (κ2) is 5.98. The number of aryl methyl sites for hydroxylation is 1. The Morgan fingerprint density at radius 2 is 2.22 bits per heavy atom. The van der Waals surface area contributed by atoms with Gasteiger partial charge in [0.1, 0.15) is 0 Å². The van der Waals surface area contributed by atoms with Gasteiger partial charge in [-0.1, -0.05) is 24.3 Å². The lowest BCUT2D eigenvalue weighted by atomic mass is 9.89. The molecule has 1 aromatic rings. The van der Waals surface area contributed by atoms with Crippen LogP contribution in [-0.2, 0) is 16.0 Å². The van der Waals surface area contributed by atoms with Crippen LogP contribution in [0.15, 0.2) is 24.3 Å². The summed E-state index contributed by atoms with van der Waals surface area (Å²) in [6.45, 7) is 0.475. The van der Waals surface area contributed by atoms with Crippen LogP contribution in [0, 0.1) is 0 Å². The first-order chi connectivity index (χ1) is 8.68. The van der Waals surface area contributed by atoms with Crippen LogP contribution in [0.2, 0.25) is 0 Å². The van der Waals surface area contributed by atoms with E-state index in [0.29, 0.717) is 13.0 Å². The molecule has 1 aromatic carbocycles. The number of carbonyl (C=O) groups is 1. The molecular formula is C14H20N2O2. The number of primary amides is 1. The topological polar surface area (TPSA) is 78.3 Å². The fraction of sp³-hybridized carbons (Fsp3) is 0.500. The Morgan fingerprint density at radius 1 is 1.44 bits per heavy atom. The highest BCUT2D eigenvalue weighted by molar-refractivity contribution is 5.79. The molecule has 1 aliphatic rings. The largest absolute Gasteiger partial charge is 0.373 e. The summed E-state index contributed by atoms with van der Waals surface area (Å²) in [4.78, 5) is 10.8. The number of hydrogen-bond acceptors (Lipinski definition) is 3. The van der Waals surface area contributed by atoms with Crippen molar-refractivity contribution in [3.05, 3.63) is 35.4 Å². The van der Waals surface area contributed by atoms with E-state index in [9.17, 15) is 4.79 Å². The molecule has 2 rings (SSSR count). The first-order valence-corrected chi connectivity index (χ1v) is 6.43. The average molecular weight is 248 g/mol. The van der Waals surface area contributed by atoms with Gasteiger partial charge < -0.3 is 16.2 Å². The summed E-state index contributed by atoms with van der Waals surface area (Å²) in [5, 5.41) is 0. The molecule has 2 atom stereocenters. The summed E-state index contributed by atoms with van der Waals surface area (Å²) in [5.74, 6) is -0.470. The first kappa shape index (κ1) is 13.1. The fourth-order valence-electron chi connectivity index (χ4n) is 2.36. The van der Waals surface area contributed by atoms with E-state index in [2.05, 4.69) is 18.2 Å². The van der Waals surface area contributed by atoms with Crippen LogP contribution in [-0.4, -0.2) is 18.6 Å². The third-order valence-electron chi connectivity index (χ3n) is 3.43. The summed E-state index contributed by atoms with van der Waals surface area (Å²) >= 11 is 0. The van der Waals surface area contributed by atoms with Crippen LogP contribution in [0.4, 0.5) is 0 Å². The summed E-state index contributed by atoms with van der Waals surface area (Å²) < 4.78 is 5.84. The third kappa shape index (κ3) is 3.09. The smallest absolute Gasteiger partial charge is 0.234 e. The second-order valence-electron chi connectivity index (χ2n) is 4.75.